The SMILES string of the molecule is CC1(C)CNCCN1c1cc(Cl)c(Cl)cc1[N+](=O)[O-]. The molecule has 1 N–H and O–H groups in total. The van der Waals surface area contributed by atoms with Gasteiger partial charge < -0.3 is 10.2 Å². The van der Waals surface area contributed by atoms with E-state index in [2.05, 4.69) is 5.32 Å². The second-order valence-electron chi connectivity index (χ2n) is 5.15. The van der Waals surface area contributed by atoms with Gasteiger partial charge in [-0.2, -0.15) is 0 Å². The fourth-order valence-electron chi connectivity index (χ4n) is 2.32. The number of anilines is 1. The number of piperazine rings is 1. The van der Waals surface area contributed by atoms with Crippen LogP contribution in [-0.4, -0.2) is 30.1 Å². The lowest BCUT2D eigenvalue weighted by atomic mass is 9.98. The van der Waals surface area contributed by atoms with Gasteiger partial charge in [0.25, 0.3) is 5.69 Å². The topological polar surface area (TPSA) is 58.4 Å². The number of nitrogens with zero attached hydrogens (tertiary/aromatic N) is 2. The first-order valence-corrected chi connectivity index (χ1v) is 6.70. The van der Waals surface area contributed by atoms with Crippen molar-refractivity contribution in [1.82, 2.24) is 5.32 Å². The van der Waals surface area contributed by atoms with Crippen LogP contribution in [0.15, 0.2) is 12.1 Å². The van der Waals surface area contributed by atoms with E-state index >= 15 is 0 Å². The third kappa shape index (κ3) is 2.78. The van der Waals surface area contributed by atoms with Gasteiger partial charge in [-0.1, -0.05) is 23.2 Å². The van der Waals surface area contributed by atoms with E-state index in [9.17, 15) is 10.1 Å². The van der Waals surface area contributed by atoms with Crippen LogP contribution in [0.1, 0.15) is 13.8 Å². The van der Waals surface area contributed by atoms with E-state index in [0.29, 0.717) is 17.3 Å². The number of hydrogen-bond acceptors (Lipinski definition) is 4. The maximum atomic E-state index is 11.2. The molecule has 1 aliphatic rings. The van der Waals surface area contributed by atoms with Gasteiger partial charge in [-0.25, -0.2) is 0 Å². The lowest BCUT2D eigenvalue weighted by molar-refractivity contribution is -0.384. The summed E-state index contributed by atoms with van der Waals surface area (Å²) >= 11 is 11.9. The van der Waals surface area contributed by atoms with Gasteiger partial charge in [0.1, 0.15) is 5.69 Å². The van der Waals surface area contributed by atoms with Crippen molar-refractivity contribution in [2.45, 2.75) is 19.4 Å². The van der Waals surface area contributed by atoms with Crippen molar-refractivity contribution in [3.05, 3.63) is 32.3 Å². The van der Waals surface area contributed by atoms with Crippen molar-refractivity contribution in [3.8, 4) is 0 Å². The molecule has 0 radical (unpaired) electrons. The molecule has 1 saturated heterocycles. The van der Waals surface area contributed by atoms with E-state index in [1.165, 1.54) is 6.07 Å². The molecule has 1 heterocycles. The van der Waals surface area contributed by atoms with Gasteiger partial charge in [-0.3, -0.25) is 10.1 Å². The van der Waals surface area contributed by atoms with E-state index in [1.807, 2.05) is 18.7 Å². The first-order valence-electron chi connectivity index (χ1n) is 5.95. The smallest absolute Gasteiger partial charge is 0.294 e. The van der Waals surface area contributed by atoms with Crippen molar-refractivity contribution in [3.63, 3.8) is 0 Å². The molecule has 1 aromatic carbocycles. The Morgan fingerprint density at radius 1 is 1.37 bits per heavy atom. The molecule has 104 valence electrons. The van der Waals surface area contributed by atoms with Crippen LogP contribution in [0.4, 0.5) is 11.4 Å². The lowest BCUT2D eigenvalue weighted by Gasteiger charge is -2.44. The molecular weight excluding hydrogens is 289 g/mol. The normalized spacial score (nSPS) is 18.4. The van der Waals surface area contributed by atoms with Crippen LogP contribution in [0.3, 0.4) is 0 Å². The van der Waals surface area contributed by atoms with Gasteiger partial charge in [0.05, 0.1) is 15.0 Å². The molecule has 2 rings (SSSR count). The molecular formula is C12H15Cl2N3O2. The Hall–Kier alpha value is -1.04. The molecule has 1 aromatic rings. The maximum Gasteiger partial charge on any atom is 0.294 e. The number of rotatable bonds is 2. The van der Waals surface area contributed by atoms with Crippen molar-refractivity contribution in [2.24, 2.45) is 0 Å². The first-order chi connectivity index (χ1) is 8.83. The third-order valence-corrected chi connectivity index (χ3v) is 4.03. The summed E-state index contributed by atoms with van der Waals surface area (Å²) in [6, 6.07) is 2.90. The van der Waals surface area contributed by atoms with Gasteiger partial charge >= 0.3 is 0 Å². The van der Waals surface area contributed by atoms with Gasteiger partial charge in [-0.15, -0.1) is 0 Å². The molecule has 0 saturated carbocycles. The highest BCUT2D eigenvalue weighted by Crippen LogP contribution is 2.39. The summed E-state index contributed by atoms with van der Waals surface area (Å²) < 4.78 is 0. The summed E-state index contributed by atoms with van der Waals surface area (Å²) in [5.74, 6) is 0. The average Bonchev–Trinajstić information content (AvgIpc) is 2.31. The predicted molar refractivity (Wildman–Crippen MR) is 77.4 cm³/mol. The van der Waals surface area contributed by atoms with Crippen LogP contribution in [-0.2, 0) is 0 Å². The van der Waals surface area contributed by atoms with E-state index in [-0.39, 0.29) is 16.2 Å². The van der Waals surface area contributed by atoms with Gasteiger partial charge in [0, 0.05) is 31.2 Å². The zero-order valence-electron chi connectivity index (χ0n) is 10.7. The largest absolute Gasteiger partial charge is 0.358 e. The number of benzene rings is 1. The number of halogens is 2. The Balaban J connectivity index is 2.54. The van der Waals surface area contributed by atoms with Crippen molar-refractivity contribution in [2.75, 3.05) is 24.5 Å². The molecule has 0 atom stereocenters. The number of nitrogens with one attached hydrogen (secondary N) is 1. The molecule has 0 bridgehead atoms. The number of nitro groups is 1. The highest BCUT2D eigenvalue weighted by molar-refractivity contribution is 6.42. The van der Waals surface area contributed by atoms with E-state index < -0.39 is 4.92 Å². The van der Waals surface area contributed by atoms with Crippen LogP contribution in [0.2, 0.25) is 10.0 Å². The highest BCUT2D eigenvalue weighted by Gasteiger charge is 2.34. The van der Waals surface area contributed by atoms with E-state index in [0.717, 1.165) is 13.1 Å². The Bertz CT molecular complexity index is 520. The number of nitro benzene ring substituents is 1. The predicted octanol–water partition coefficient (Wildman–Crippen LogP) is 3.09. The second kappa shape index (κ2) is 5.15. The minimum Gasteiger partial charge on any atom is -0.358 e. The zero-order chi connectivity index (χ0) is 14.2. The maximum absolute atomic E-state index is 11.2. The van der Waals surface area contributed by atoms with Crippen LogP contribution in [0.25, 0.3) is 0 Å². The molecule has 1 fully saturated rings. The van der Waals surface area contributed by atoms with Crippen LogP contribution in [0.5, 0.6) is 0 Å². The van der Waals surface area contributed by atoms with Crippen molar-refractivity contribution in [1.29, 1.82) is 0 Å². The highest BCUT2D eigenvalue weighted by atomic mass is 35.5. The standard InChI is InChI=1S/C12H15Cl2N3O2/c1-12(2)7-15-3-4-16(12)10-5-8(13)9(14)6-11(10)17(18)19/h5-6,15H,3-4,7H2,1-2H3. The van der Waals surface area contributed by atoms with Crippen LogP contribution < -0.4 is 10.2 Å². The summed E-state index contributed by atoms with van der Waals surface area (Å²) in [7, 11) is 0. The zero-order valence-corrected chi connectivity index (χ0v) is 12.3. The molecule has 0 unspecified atom stereocenters. The van der Waals surface area contributed by atoms with E-state index in [1.54, 1.807) is 6.07 Å². The molecule has 1 aliphatic heterocycles. The fourth-order valence-corrected chi connectivity index (χ4v) is 2.63. The average molecular weight is 304 g/mol. The molecule has 5 nitrogen and oxygen atoms in total. The molecule has 19 heavy (non-hydrogen) atoms. The summed E-state index contributed by atoms with van der Waals surface area (Å²) in [6.07, 6.45) is 0. The Kier molecular flexibility index (Phi) is 3.90. The van der Waals surface area contributed by atoms with Crippen LogP contribution in [0, 0.1) is 10.1 Å². The van der Waals surface area contributed by atoms with Gasteiger partial charge in [0.15, 0.2) is 0 Å². The molecule has 0 amide bonds. The van der Waals surface area contributed by atoms with Crippen molar-refractivity contribution >= 4 is 34.6 Å². The van der Waals surface area contributed by atoms with Crippen LogP contribution >= 0.6 is 23.2 Å². The fraction of sp³-hybridized carbons (Fsp3) is 0.500. The number of hydrogen-bond donors (Lipinski definition) is 1. The first kappa shape index (κ1) is 14.4. The summed E-state index contributed by atoms with van der Waals surface area (Å²) in [5, 5.41) is 15.0. The summed E-state index contributed by atoms with van der Waals surface area (Å²) in [4.78, 5) is 12.8. The molecule has 0 aromatic heterocycles. The van der Waals surface area contributed by atoms with Gasteiger partial charge in [-0.05, 0) is 19.9 Å². The van der Waals surface area contributed by atoms with Gasteiger partial charge in [0.2, 0.25) is 0 Å². The monoisotopic (exact) mass is 303 g/mol. The third-order valence-electron chi connectivity index (χ3n) is 3.31. The lowest BCUT2D eigenvalue weighted by Crippen LogP contribution is -2.58. The summed E-state index contributed by atoms with van der Waals surface area (Å²) in [5.41, 5.74) is 0.287. The summed E-state index contributed by atoms with van der Waals surface area (Å²) in [6.45, 7) is 6.29. The minimum atomic E-state index is -0.421. The van der Waals surface area contributed by atoms with Crippen molar-refractivity contribution < 1.29 is 4.92 Å². The Morgan fingerprint density at radius 2 is 2.00 bits per heavy atom. The Morgan fingerprint density at radius 3 is 2.58 bits per heavy atom. The molecule has 0 aliphatic carbocycles. The molecule has 7 heteroatoms. The quantitative estimate of drug-likeness (QED) is 0.674. The Labute approximate surface area is 121 Å². The minimum absolute atomic E-state index is 0.00984. The molecule has 0 spiro atoms. The second-order valence-corrected chi connectivity index (χ2v) is 5.97. The van der Waals surface area contributed by atoms with E-state index in [4.69, 9.17) is 23.2 Å².